The number of likely N-dealkylation sites (tertiary alicyclic amines) is 1. The summed E-state index contributed by atoms with van der Waals surface area (Å²) in [5, 5.41) is 2.53. The van der Waals surface area contributed by atoms with E-state index >= 15 is 0 Å². The van der Waals surface area contributed by atoms with Gasteiger partial charge in [-0.15, -0.1) is 0 Å². The Kier molecular flexibility index (Phi) is 7.87. The minimum atomic E-state index is -0.272. The van der Waals surface area contributed by atoms with Gasteiger partial charge in [-0.25, -0.2) is 4.39 Å². The molecule has 1 aliphatic heterocycles. The average molecular weight is 420 g/mol. The molecule has 2 heterocycles. The number of anilines is 1. The molecular formula is C25H26FN3O2. The predicted octanol–water partition coefficient (Wildman–Crippen LogP) is 5.01. The summed E-state index contributed by atoms with van der Waals surface area (Å²) in [4.78, 5) is 28.3. The standard InChI is InChI=1S/C13H10FNO.C12H16N2O/c14-13-7-2-1-6-12(13)10-4-3-5-11(8-10)15-9-16;1-10-5-8-14(9-6-10)12(15)11-4-2-3-7-13-11/h1-9H,(H,15,16);2-4,7,10H,5-6,8-9H2,1H3. The molecule has 160 valence electrons. The lowest BCUT2D eigenvalue weighted by Crippen LogP contribution is -2.38. The molecule has 1 N–H and O–H groups in total. The number of benzene rings is 2. The molecule has 31 heavy (non-hydrogen) atoms. The van der Waals surface area contributed by atoms with Gasteiger partial charge in [0.05, 0.1) is 0 Å². The van der Waals surface area contributed by atoms with Gasteiger partial charge in [-0.2, -0.15) is 0 Å². The monoisotopic (exact) mass is 419 g/mol. The first kappa shape index (κ1) is 22.2. The van der Waals surface area contributed by atoms with Crippen molar-refractivity contribution in [3.63, 3.8) is 0 Å². The highest BCUT2D eigenvalue weighted by molar-refractivity contribution is 5.92. The Labute approximate surface area is 181 Å². The van der Waals surface area contributed by atoms with E-state index in [0.717, 1.165) is 37.4 Å². The molecule has 1 aromatic heterocycles. The number of hydrogen-bond donors (Lipinski definition) is 1. The minimum absolute atomic E-state index is 0.0718. The summed E-state index contributed by atoms with van der Waals surface area (Å²) in [7, 11) is 0. The summed E-state index contributed by atoms with van der Waals surface area (Å²) in [5.41, 5.74) is 2.48. The minimum Gasteiger partial charge on any atom is -0.337 e. The number of amides is 2. The van der Waals surface area contributed by atoms with E-state index in [0.29, 0.717) is 23.4 Å². The van der Waals surface area contributed by atoms with Crippen LogP contribution in [0.15, 0.2) is 72.9 Å². The zero-order chi connectivity index (χ0) is 22.1. The fourth-order valence-electron chi connectivity index (χ4n) is 3.40. The first-order chi connectivity index (χ1) is 15.1. The van der Waals surface area contributed by atoms with Crippen LogP contribution in [0.25, 0.3) is 11.1 Å². The van der Waals surface area contributed by atoms with Crippen molar-refractivity contribution in [2.24, 2.45) is 5.92 Å². The molecule has 6 heteroatoms. The molecule has 0 aliphatic carbocycles. The predicted molar refractivity (Wildman–Crippen MR) is 120 cm³/mol. The van der Waals surface area contributed by atoms with Gasteiger partial charge < -0.3 is 10.2 Å². The third kappa shape index (κ3) is 6.22. The molecule has 2 amide bonds. The number of rotatable bonds is 4. The molecule has 0 spiro atoms. The van der Waals surface area contributed by atoms with E-state index < -0.39 is 0 Å². The number of nitrogens with zero attached hydrogens (tertiary/aromatic N) is 2. The zero-order valence-corrected chi connectivity index (χ0v) is 17.5. The van der Waals surface area contributed by atoms with Crippen molar-refractivity contribution < 1.29 is 14.0 Å². The molecule has 1 fully saturated rings. The van der Waals surface area contributed by atoms with E-state index in [-0.39, 0.29) is 11.7 Å². The zero-order valence-electron chi connectivity index (χ0n) is 17.5. The molecular weight excluding hydrogens is 393 g/mol. The van der Waals surface area contributed by atoms with Crippen molar-refractivity contribution in [2.75, 3.05) is 18.4 Å². The second-order valence-electron chi connectivity index (χ2n) is 7.51. The van der Waals surface area contributed by atoms with Crippen molar-refractivity contribution in [1.82, 2.24) is 9.88 Å². The van der Waals surface area contributed by atoms with Gasteiger partial charge in [0.2, 0.25) is 6.41 Å². The molecule has 0 atom stereocenters. The summed E-state index contributed by atoms with van der Waals surface area (Å²) in [6.45, 7) is 3.98. The molecule has 0 bridgehead atoms. The van der Waals surface area contributed by atoms with E-state index in [4.69, 9.17) is 0 Å². The Morgan fingerprint density at radius 3 is 2.48 bits per heavy atom. The summed E-state index contributed by atoms with van der Waals surface area (Å²) < 4.78 is 13.5. The maximum atomic E-state index is 13.5. The Bertz CT molecular complexity index is 1000. The third-order valence-electron chi connectivity index (χ3n) is 5.23. The highest BCUT2D eigenvalue weighted by Gasteiger charge is 2.21. The Morgan fingerprint density at radius 1 is 1.06 bits per heavy atom. The summed E-state index contributed by atoms with van der Waals surface area (Å²) in [6.07, 6.45) is 4.48. The molecule has 3 aromatic rings. The number of aromatic nitrogens is 1. The molecule has 4 rings (SSSR count). The fourth-order valence-corrected chi connectivity index (χ4v) is 3.40. The highest BCUT2D eigenvalue weighted by atomic mass is 19.1. The SMILES string of the molecule is CC1CCN(C(=O)c2ccccn2)CC1.O=CNc1cccc(-c2ccccc2F)c1. The normalized spacial score (nSPS) is 13.7. The summed E-state index contributed by atoms with van der Waals surface area (Å²) in [5.74, 6) is 0.547. The summed E-state index contributed by atoms with van der Waals surface area (Å²) >= 11 is 0. The van der Waals surface area contributed by atoms with Crippen LogP contribution in [0.4, 0.5) is 10.1 Å². The molecule has 2 aromatic carbocycles. The Balaban J connectivity index is 0.000000176. The lowest BCUT2D eigenvalue weighted by atomic mass is 9.99. The maximum absolute atomic E-state index is 13.5. The van der Waals surface area contributed by atoms with Crippen molar-refractivity contribution in [3.8, 4) is 11.1 Å². The van der Waals surface area contributed by atoms with Crippen molar-refractivity contribution in [1.29, 1.82) is 0 Å². The fraction of sp³-hybridized carbons (Fsp3) is 0.240. The van der Waals surface area contributed by atoms with E-state index in [9.17, 15) is 14.0 Å². The number of carbonyl (C=O) groups excluding carboxylic acids is 2. The molecule has 0 saturated carbocycles. The van der Waals surface area contributed by atoms with Crippen LogP contribution >= 0.6 is 0 Å². The number of piperidine rings is 1. The van der Waals surface area contributed by atoms with E-state index in [1.54, 1.807) is 54.7 Å². The van der Waals surface area contributed by atoms with Gasteiger partial charge in [0.1, 0.15) is 11.5 Å². The van der Waals surface area contributed by atoms with Crippen LogP contribution < -0.4 is 5.32 Å². The van der Waals surface area contributed by atoms with Crippen molar-refractivity contribution in [3.05, 3.63) is 84.4 Å². The quantitative estimate of drug-likeness (QED) is 0.605. The van der Waals surface area contributed by atoms with Crippen molar-refractivity contribution >= 4 is 18.0 Å². The molecule has 1 aliphatic rings. The van der Waals surface area contributed by atoms with Crippen molar-refractivity contribution in [2.45, 2.75) is 19.8 Å². The van der Waals surface area contributed by atoms with Crippen LogP contribution in [0.1, 0.15) is 30.3 Å². The van der Waals surface area contributed by atoms with Gasteiger partial charge in [-0.05, 0) is 54.7 Å². The van der Waals surface area contributed by atoms with Gasteiger partial charge in [-0.3, -0.25) is 14.6 Å². The second kappa shape index (κ2) is 11.0. The van der Waals surface area contributed by atoms with Crippen LogP contribution in [0.2, 0.25) is 0 Å². The smallest absolute Gasteiger partial charge is 0.272 e. The van der Waals surface area contributed by atoms with E-state index in [1.807, 2.05) is 17.0 Å². The van der Waals surface area contributed by atoms with Crippen LogP contribution in [0, 0.1) is 11.7 Å². The van der Waals surface area contributed by atoms with E-state index in [2.05, 4.69) is 17.2 Å². The second-order valence-corrected chi connectivity index (χ2v) is 7.51. The number of pyridine rings is 1. The first-order valence-corrected chi connectivity index (χ1v) is 10.3. The molecule has 5 nitrogen and oxygen atoms in total. The lowest BCUT2D eigenvalue weighted by Gasteiger charge is -2.29. The van der Waals surface area contributed by atoms with Crippen LogP contribution in [-0.2, 0) is 4.79 Å². The van der Waals surface area contributed by atoms with Crippen LogP contribution in [0.3, 0.4) is 0 Å². The number of halogens is 1. The Morgan fingerprint density at radius 2 is 1.81 bits per heavy atom. The molecule has 0 radical (unpaired) electrons. The topological polar surface area (TPSA) is 62.3 Å². The number of hydrogen-bond acceptors (Lipinski definition) is 3. The summed E-state index contributed by atoms with van der Waals surface area (Å²) in [6, 6.07) is 19.0. The van der Waals surface area contributed by atoms with Gasteiger partial charge in [0.25, 0.3) is 5.91 Å². The molecule has 1 saturated heterocycles. The average Bonchev–Trinajstić information content (AvgIpc) is 2.81. The number of nitrogens with one attached hydrogen (secondary N) is 1. The first-order valence-electron chi connectivity index (χ1n) is 10.3. The van der Waals surface area contributed by atoms with Gasteiger partial charge in [0, 0.05) is 30.5 Å². The lowest BCUT2D eigenvalue weighted by molar-refractivity contribution is -0.105. The third-order valence-corrected chi connectivity index (χ3v) is 5.23. The van der Waals surface area contributed by atoms with Crippen LogP contribution in [-0.4, -0.2) is 35.3 Å². The number of carbonyl (C=O) groups is 2. The Hall–Kier alpha value is -3.54. The highest BCUT2D eigenvalue weighted by Crippen LogP contribution is 2.24. The van der Waals surface area contributed by atoms with E-state index in [1.165, 1.54) is 6.07 Å². The van der Waals surface area contributed by atoms with Gasteiger partial charge in [-0.1, -0.05) is 43.3 Å². The largest absolute Gasteiger partial charge is 0.337 e. The van der Waals surface area contributed by atoms with Gasteiger partial charge >= 0.3 is 0 Å². The molecule has 0 unspecified atom stereocenters. The van der Waals surface area contributed by atoms with Gasteiger partial charge in [0.15, 0.2) is 0 Å². The van der Waals surface area contributed by atoms with Crippen LogP contribution in [0.5, 0.6) is 0 Å². The maximum Gasteiger partial charge on any atom is 0.272 e.